The van der Waals surface area contributed by atoms with Crippen LogP contribution in [0.2, 0.25) is 0 Å². The van der Waals surface area contributed by atoms with Gasteiger partial charge in [-0.1, -0.05) is 5.16 Å². The van der Waals surface area contributed by atoms with Crippen LogP contribution in [0.4, 0.5) is 0 Å². The van der Waals surface area contributed by atoms with Gasteiger partial charge in [-0.2, -0.15) is 4.98 Å². The van der Waals surface area contributed by atoms with Crippen molar-refractivity contribution in [2.45, 2.75) is 32.9 Å². The highest BCUT2D eigenvalue weighted by Gasteiger charge is 2.21. The van der Waals surface area contributed by atoms with Gasteiger partial charge in [0.05, 0.1) is 12.1 Å². The van der Waals surface area contributed by atoms with Crippen molar-refractivity contribution in [3.63, 3.8) is 0 Å². The molecule has 0 spiro atoms. The van der Waals surface area contributed by atoms with Crippen molar-refractivity contribution in [2.75, 3.05) is 6.61 Å². The molecule has 1 aromatic carbocycles. The largest absolute Gasteiger partial charge is 0.494 e. The van der Waals surface area contributed by atoms with E-state index in [0.717, 1.165) is 5.75 Å². The van der Waals surface area contributed by atoms with Crippen LogP contribution in [0.15, 0.2) is 28.8 Å². The van der Waals surface area contributed by atoms with Crippen LogP contribution in [-0.2, 0) is 12.1 Å². The van der Waals surface area contributed by atoms with Crippen LogP contribution in [0.1, 0.15) is 32.5 Å². The molecule has 0 radical (unpaired) electrons. The molecule has 6 heteroatoms. The second-order valence-corrected chi connectivity index (χ2v) is 4.93. The molecular formula is C14H19N3O3. The Morgan fingerprint density at radius 2 is 1.75 bits per heavy atom. The van der Waals surface area contributed by atoms with Crippen LogP contribution in [0.3, 0.4) is 0 Å². The predicted molar refractivity (Wildman–Crippen MR) is 73.5 cm³/mol. The van der Waals surface area contributed by atoms with E-state index in [9.17, 15) is 0 Å². The summed E-state index contributed by atoms with van der Waals surface area (Å²) in [4.78, 5) is 4.19. The molecule has 0 atom stereocenters. The molecule has 0 unspecified atom stereocenters. The smallest absolute Gasteiger partial charge is 0.264 e. The zero-order valence-electron chi connectivity index (χ0n) is 11.9. The summed E-state index contributed by atoms with van der Waals surface area (Å²) in [5, 5.41) is 3.83. The van der Waals surface area contributed by atoms with Gasteiger partial charge >= 0.3 is 0 Å². The Kier molecular flexibility index (Phi) is 4.24. The maximum absolute atomic E-state index is 5.88. The van der Waals surface area contributed by atoms with Crippen molar-refractivity contribution in [2.24, 2.45) is 5.73 Å². The summed E-state index contributed by atoms with van der Waals surface area (Å²) >= 11 is 0. The summed E-state index contributed by atoms with van der Waals surface area (Å²) in [5.74, 6) is 2.38. The SMILES string of the molecule is CCOc1ccc(OCc2nc(C(C)(C)N)no2)cc1. The fourth-order valence-corrected chi connectivity index (χ4v) is 1.52. The van der Waals surface area contributed by atoms with E-state index in [-0.39, 0.29) is 6.61 Å². The van der Waals surface area contributed by atoms with Crippen molar-refractivity contribution in [1.82, 2.24) is 10.1 Å². The second-order valence-electron chi connectivity index (χ2n) is 4.93. The van der Waals surface area contributed by atoms with Crippen LogP contribution in [-0.4, -0.2) is 16.7 Å². The minimum absolute atomic E-state index is 0.205. The average molecular weight is 277 g/mol. The van der Waals surface area contributed by atoms with Gasteiger partial charge in [-0.25, -0.2) is 0 Å². The maximum Gasteiger partial charge on any atom is 0.264 e. The van der Waals surface area contributed by atoms with Crippen molar-refractivity contribution in [3.05, 3.63) is 36.0 Å². The summed E-state index contributed by atoms with van der Waals surface area (Å²) in [5.41, 5.74) is 5.26. The minimum Gasteiger partial charge on any atom is -0.494 e. The van der Waals surface area contributed by atoms with E-state index in [4.69, 9.17) is 19.7 Å². The third kappa shape index (κ3) is 3.71. The van der Waals surface area contributed by atoms with E-state index >= 15 is 0 Å². The molecule has 20 heavy (non-hydrogen) atoms. The Morgan fingerprint density at radius 1 is 1.15 bits per heavy atom. The van der Waals surface area contributed by atoms with Crippen molar-refractivity contribution >= 4 is 0 Å². The second kappa shape index (κ2) is 5.92. The van der Waals surface area contributed by atoms with Crippen LogP contribution >= 0.6 is 0 Å². The van der Waals surface area contributed by atoms with E-state index in [2.05, 4.69) is 10.1 Å². The number of nitrogens with zero attached hydrogens (tertiary/aromatic N) is 2. The molecule has 2 aromatic rings. The van der Waals surface area contributed by atoms with Crippen LogP contribution in [0.5, 0.6) is 11.5 Å². The highest BCUT2D eigenvalue weighted by molar-refractivity contribution is 5.31. The third-order valence-electron chi connectivity index (χ3n) is 2.54. The Balaban J connectivity index is 1.93. The van der Waals surface area contributed by atoms with Gasteiger partial charge in [0.2, 0.25) is 0 Å². The first-order valence-corrected chi connectivity index (χ1v) is 6.46. The molecular weight excluding hydrogens is 258 g/mol. The number of nitrogens with two attached hydrogens (primary N) is 1. The van der Waals surface area contributed by atoms with Crippen LogP contribution in [0.25, 0.3) is 0 Å². The molecule has 0 amide bonds. The molecule has 6 nitrogen and oxygen atoms in total. The van der Waals surface area contributed by atoms with Gasteiger partial charge in [0, 0.05) is 0 Å². The predicted octanol–water partition coefficient (Wildman–Crippen LogP) is 2.24. The lowest BCUT2D eigenvalue weighted by Gasteiger charge is -2.11. The van der Waals surface area contributed by atoms with Gasteiger partial charge in [-0.15, -0.1) is 0 Å². The monoisotopic (exact) mass is 277 g/mol. The summed E-state index contributed by atoms with van der Waals surface area (Å²) < 4.78 is 16.0. The molecule has 1 heterocycles. The lowest BCUT2D eigenvalue weighted by Crippen LogP contribution is -2.30. The first-order valence-electron chi connectivity index (χ1n) is 6.46. The number of rotatable bonds is 6. The van der Waals surface area contributed by atoms with Crippen LogP contribution < -0.4 is 15.2 Å². The minimum atomic E-state index is -0.624. The Hall–Kier alpha value is -2.08. The summed E-state index contributed by atoms with van der Waals surface area (Å²) in [6.07, 6.45) is 0. The zero-order valence-corrected chi connectivity index (χ0v) is 11.9. The van der Waals surface area contributed by atoms with E-state index in [0.29, 0.717) is 24.1 Å². The molecule has 0 aliphatic heterocycles. The van der Waals surface area contributed by atoms with E-state index in [1.54, 1.807) is 0 Å². The van der Waals surface area contributed by atoms with Gasteiger partial charge < -0.3 is 19.7 Å². The topological polar surface area (TPSA) is 83.4 Å². The fraction of sp³-hybridized carbons (Fsp3) is 0.429. The molecule has 0 saturated heterocycles. The number of hydrogen-bond donors (Lipinski definition) is 1. The molecule has 0 aliphatic rings. The third-order valence-corrected chi connectivity index (χ3v) is 2.54. The first kappa shape index (κ1) is 14.3. The van der Waals surface area contributed by atoms with Gasteiger partial charge in [0.1, 0.15) is 11.5 Å². The summed E-state index contributed by atoms with van der Waals surface area (Å²) in [6.45, 7) is 6.41. The molecule has 108 valence electrons. The van der Waals surface area contributed by atoms with E-state index in [1.807, 2.05) is 45.0 Å². The molecule has 0 fully saturated rings. The molecule has 1 aromatic heterocycles. The van der Waals surface area contributed by atoms with Crippen molar-refractivity contribution in [3.8, 4) is 11.5 Å². The average Bonchev–Trinajstić information content (AvgIpc) is 2.87. The van der Waals surface area contributed by atoms with Gasteiger partial charge in [0.15, 0.2) is 12.4 Å². The fourth-order valence-electron chi connectivity index (χ4n) is 1.52. The lowest BCUT2D eigenvalue weighted by molar-refractivity contribution is 0.241. The Bertz CT molecular complexity index is 544. The molecule has 0 saturated carbocycles. The quantitative estimate of drug-likeness (QED) is 0.871. The zero-order chi connectivity index (χ0) is 14.6. The number of benzene rings is 1. The van der Waals surface area contributed by atoms with E-state index in [1.165, 1.54) is 0 Å². The first-order chi connectivity index (χ1) is 9.49. The standard InChI is InChI=1S/C14H19N3O3/c1-4-18-10-5-7-11(8-6-10)19-9-12-16-13(17-20-12)14(2,3)15/h5-8H,4,9,15H2,1-3H3. The van der Waals surface area contributed by atoms with E-state index < -0.39 is 5.54 Å². The van der Waals surface area contributed by atoms with Gasteiger partial charge in [-0.3, -0.25) is 0 Å². The molecule has 2 N–H and O–H groups in total. The highest BCUT2D eigenvalue weighted by atomic mass is 16.5. The summed E-state index contributed by atoms with van der Waals surface area (Å²) in [7, 11) is 0. The molecule has 0 aliphatic carbocycles. The normalized spacial score (nSPS) is 11.4. The maximum atomic E-state index is 5.88. The Morgan fingerprint density at radius 3 is 2.25 bits per heavy atom. The van der Waals surface area contributed by atoms with Gasteiger partial charge in [0.25, 0.3) is 5.89 Å². The Labute approximate surface area is 117 Å². The molecule has 2 rings (SSSR count). The summed E-state index contributed by atoms with van der Waals surface area (Å²) in [6, 6.07) is 7.35. The lowest BCUT2D eigenvalue weighted by atomic mass is 10.1. The number of aromatic nitrogens is 2. The highest BCUT2D eigenvalue weighted by Crippen LogP contribution is 2.19. The van der Waals surface area contributed by atoms with Gasteiger partial charge in [-0.05, 0) is 45.0 Å². The van der Waals surface area contributed by atoms with Crippen molar-refractivity contribution < 1.29 is 14.0 Å². The number of hydrogen-bond acceptors (Lipinski definition) is 6. The molecule has 0 bridgehead atoms. The van der Waals surface area contributed by atoms with Crippen LogP contribution in [0, 0.1) is 0 Å². The van der Waals surface area contributed by atoms with Crippen molar-refractivity contribution in [1.29, 1.82) is 0 Å². The number of ether oxygens (including phenoxy) is 2.